The van der Waals surface area contributed by atoms with Crippen LogP contribution in [0.15, 0.2) is 48.7 Å². The van der Waals surface area contributed by atoms with Gasteiger partial charge in [-0.25, -0.2) is 18.9 Å². The zero-order valence-electron chi connectivity index (χ0n) is 16.1. The Morgan fingerprint density at radius 3 is 2.55 bits per heavy atom. The lowest BCUT2D eigenvalue weighted by atomic mass is 10.0. The summed E-state index contributed by atoms with van der Waals surface area (Å²) in [5.74, 6) is -3.36. The van der Waals surface area contributed by atoms with E-state index in [2.05, 4.69) is 15.6 Å². The van der Waals surface area contributed by atoms with Crippen molar-refractivity contribution in [2.24, 2.45) is 0 Å². The van der Waals surface area contributed by atoms with Crippen molar-refractivity contribution < 1.29 is 23.6 Å². The molecule has 8 nitrogen and oxygen atoms in total. The number of hydroxylamine groups is 1. The van der Waals surface area contributed by atoms with Crippen LogP contribution >= 0.6 is 11.6 Å². The van der Waals surface area contributed by atoms with Gasteiger partial charge in [-0.2, -0.15) is 0 Å². The number of hydrogen-bond donors (Lipinski definition) is 3. The molecular weight excluding hydrogens is 432 g/mol. The van der Waals surface area contributed by atoms with Crippen molar-refractivity contribution >= 4 is 23.4 Å². The van der Waals surface area contributed by atoms with E-state index < -0.39 is 29.5 Å². The van der Waals surface area contributed by atoms with Crippen LogP contribution < -0.4 is 10.8 Å². The Morgan fingerprint density at radius 2 is 1.87 bits per heavy atom. The average molecular weight is 450 g/mol. The van der Waals surface area contributed by atoms with Gasteiger partial charge in [0, 0.05) is 10.6 Å². The van der Waals surface area contributed by atoms with Gasteiger partial charge in [0.05, 0.1) is 25.2 Å². The fourth-order valence-corrected chi connectivity index (χ4v) is 3.02. The second-order valence-electron chi connectivity index (χ2n) is 6.72. The van der Waals surface area contributed by atoms with Gasteiger partial charge in [0.2, 0.25) is 5.91 Å². The van der Waals surface area contributed by atoms with E-state index in [1.807, 2.05) is 12.1 Å². The van der Waals surface area contributed by atoms with Crippen LogP contribution in [0.1, 0.15) is 34.1 Å². The maximum atomic E-state index is 13.3. The number of carbonyl (C=O) groups is 2. The van der Waals surface area contributed by atoms with Crippen LogP contribution in [0.2, 0.25) is 5.02 Å². The lowest BCUT2D eigenvalue weighted by Gasteiger charge is -2.16. The van der Waals surface area contributed by atoms with Crippen LogP contribution in [-0.2, 0) is 17.8 Å². The van der Waals surface area contributed by atoms with Gasteiger partial charge < -0.3 is 5.32 Å². The van der Waals surface area contributed by atoms with E-state index in [-0.39, 0.29) is 18.5 Å². The Bertz CT molecular complexity index is 1070. The number of nitrogens with zero attached hydrogens (tertiary/aromatic N) is 3. The van der Waals surface area contributed by atoms with Crippen molar-refractivity contribution in [2.45, 2.75) is 25.4 Å². The number of amides is 2. The molecule has 11 heteroatoms. The van der Waals surface area contributed by atoms with E-state index in [0.717, 1.165) is 17.7 Å². The molecule has 0 fully saturated rings. The summed E-state index contributed by atoms with van der Waals surface area (Å²) < 4.78 is 27.8. The number of nitrogens with one attached hydrogen (secondary N) is 2. The highest BCUT2D eigenvalue weighted by Gasteiger charge is 2.19. The van der Waals surface area contributed by atoms with Gasteiger partial charge >= 0.3 is 0 Å². The van der Waals surface area contributed by atoms with E-state index >= 15 is 0 Å². The molecule has 3 rings (SSSR count). The Morgan fingerprint density at radius 1 is 1.13 bits per heavy atom. The fraction of sp³-hybridized carbons (Fsp3) is 0.200. The molecule has 3 aromatic rings. The van der Waals surface area contributed by atoms with Crippen LogP contribution in [0.3, 0.4) is 0 Å². The van der Waals surface area contributed by atoms with E-state index in [0.29, 0.717) is 17.1 Å². The summed E-state index contributed by atoms with van der Waals surface area (Å²) in [5, 5.41) is 20.0. The molecule has 0 aliphatic rings. The molecule has 0 saturated heterocycles. The minimum Gasteiger partial charge on any atom is -0.346 e. The number of hydrogen-bond acceptors (Lipinski definition) is 5. The number of benzene rings is 2. The molecule has 3 N–H and O–H groups in total. The Kier molecular flexibility index (Phi) is 7.27. The Balaban J connectivity index is 1.68. The summed E-state index contributed by atoms with van der Waals surface area (Å²) in [4.78, 5) is 23.8. The second-order valence-corrected chi connectivity index (χ2v) is 7.16. The lowest BCUT2D eigenvalue weighted by molar-refractivity contribution is -0.130. The molecular formula is C20H18ClF2N5O3. The molecule has 0 spiro atoms. The largest absolute Gasteiger partial charge is 0.346 e. The van der Waals surface area contributed by atoms with Gasteiger partial charge in [0.15, 0.2) is 11.6 Å². The molecule has 0 aliphatic heterocycles. The number of halogens is 3. The molecule has 0 radical (unpaired) electrons. The third kappa shape index (κ3) is 6.06. The normalized spacial score (nSPS) is 11.7. The monoisotopic (exact) mass is 449 g/mol. The van der Waals surface area contributed by atoms with Crippen molar-refractivity contribution in [3.63, 3.8) is 0 Å². The number of carbonyl (C=O) groups excluding carboxylic acids is 2. The number of rotatable bonds is 8. The minimum atomic E-state index is -1.12. The van der Waals surface area contributed by atoms with Gasteiger partial charge in [-0.3, -0.25) is 14.8 Å². The summed E-state index contributed by atoms with van der Waals surface area (Å²) in [7, 11) is 0. The lowest BCUT2D eigenvalue weighted by Crippen LogP contribution is -2.25. The molecule has 1 atom stereocenters. The molecule has 1 aromatic heterocycles. The molecule has 2 aromatic carbocycles. The van der Waals surface area contributed by atoms with E-state index in [9.17, 15) is 18.4 Å². The molecule has 1 heterocycles. The van der Waals surface area contributed by atoms with Crippen molar-refractivity contribution in [1.29, 1.82) is 0 Å². The van der Waals surface area contributed by atoms with Crippen LogP contribution in [0.5, 0.6) is 0 Å². The van der Waals surface area contributed by atoms with Crippen LogP contribution in [-0.4, -0.2) is 32.0 Å². The summed E-state index contributed by atoms with van der Waals surface area (Å²) in [6.07, 6.45) is 1.90. The summed E-state index contributed by atoms with van der Waals surface area (Å²) in [5.41, 5.74) is 2.84. The minimum absolute atomic E-state index is 0.0162. The molecule has 162 valence electrons. The fourth-order valence-electron chi connectivity index (χ4n) is 2.89. The van der Waals surface area contributed by atoms with Crippen LogP contribution in [0.25, 0.3) is 0 Å². The molecule has 0 unspecified atom stereocenters. The molecule has 0 aliphatic carbocycles. The first-order valence-corrected chi connectivity index (χ1v) is 9.55. The third-order valence-electron chi connectivity index (χ3n) is 4.47. The smallest absolute Gasteiger partial charge is 0.251 e. The topological polar surface area (TPSA) is 109 Å². The highest BCUT2D eigenvalue weighted by Crippen LogP contribution is 2.19. The summed E-state index contributed by atoms with van der Waals surface area (Å²) >= 11 is 5.90. The Labute approximate surface area is 180 Å². The third-order valence-corrected chi connectivity index (χ3v) is 4.73. The van der Waals surface area contributed by atoms with Gasteiger partial charge in [-0.1, -0.05) is 28.9 Å². The first-order chi connectivity index (χ1) is 14.9. The highest BCUT2D eigenvalue weighted by molar-refractivity contribution is 6.30. The van der Waals surface area contributed by atoms with E-state index in [1.165, 1.54) is 10.7 Å². The van der Waals surface area contributed by atoms with Crippen LogP contribution in [0, 0.1) is 11.6 Å². The first-order valence-electron chi connectivity index (χ1n) is 9.17. The van der Waals surface area contributed by atoms with Gasteiger partial charge in [-0.15, -0.1) is 5.10 Å². The molecule has 31 heavy (non-hydrogen) atoms. The standard InChI is InChI=1S/C20H18ClF2N5O3/c21-14-4-1-12(2-5-14)7-16(9-19(29)26-31)28-11-15(25-27-28)10-24-20(30)13-3-6-17(22)18(23)8-13/h1-6,8,11,16,31H,7,9-10H2,(H,24,30)(H,26,29)/t16-/m1/s1. The van der Waals surface area contributed by atoms with Crippen LogP contribution in [0.4, 0.5) is 8.78 Å². The molecule has 0 saturated carbocycles. The number of aromatic nitrogens is 3. The van der Waals surface area contributed by atoms with Gasteiger partial charge in [0.1, 0.15) is 5.69 Å². The van der Waals surface area contributed by atoms with Crippen molar-refractivity contribution in [3.8, 4) is 0 Å². The summed E-state index contributed by atoms with van der Waals surface area (Å²) in [6, 6.07) is 9.45. The van der Waals surface area contributed by atoms with Crippen molar-refractivity contribution in [2.75, 3.05) is 0 Å². The zero-order chi connectivity index (χ0) is 22.4. The van der Waals surface area contributed by atoms with E-state index in [4.69, 9.17) is 16.8 Å². The first kappa shape index (κ1) is 22.3. The average Bonchev–Trinajstić information content (AvgIpc) is 3.24. The predicted molar refractivity (Wildman–Crippen MR) is 106 cm³/mol. The van der Waals surface area contributed by atoms with Crippen molar-refractivity contribution in [1.82, 2.24) is 25.8 Å². The second kappa shape index (κ2) is 10.1. The zero-order valence-corrected chi connectivity index (χ0v) is 16.8. The maximum absolute atomic E-state index is 13.3. The quantitative estimate of drug-likeness (QED) is 0.362. The molecule has 2 amide bonds. The highest BCUT2D eigenvalue weighted by atomic mass is 35.5. The predicted octanol–water partition coefficient (Wildman–Crippen LogP) is 2.82. The maximum Gasteiger partial charge on any atom is 0.251 e. The van der Waals surface area contributed by atoms with Gasteiger partial charge in [0.25, 0.3) is 5.91 Å². The molecule has 0 bridgehead atoms. The Hall–Kier alpha value is -3.37. The van der Waals surface area contributed by atoms with Gasteiger partial charge in [-0.05, 0) is 42.3 Å². The van der Waals surface area contributed by atoms with Crippen molar-refractivity contribution in [3.05, 3.63) is 82.1 Å². The summed E-state index contributed by atoms with van der Waals surface area (Å²) in [6.45, 7) is -0.0162. The SMILES string of the molecule is O=C(C[C@@H](Cc1ccc(Cl)cc1)n1cc(CNC(=O)c2ccc(F)c(F)c2)nn1)NO. The van der Waals surface area contributed by atoms with E-state index in [1.54, 1.807) is 23.8 Å².